The van der Waals surface area contributed by atoms with Crippen molar-refractivity contribution in [2.45, 2.75) is 19.8 Å². The van der Waals surface area contributed by atoms with Crippen molar-refractivity contribution in [3.8, 4) is 16.9 Å². The van der Waals surface area contributed by atoms with Gasteiger partial charge in [0, 0.05) is 30.1 Å². The van der Waals surface area contributed by atoms with Gasteiger partial charge < -0.3 is 0 Å². The maximum Gasteiger partial charge on any atom is 0.297 e. The molecule has 1 fully saturated rings. The normalized spacial score (nSPS) is 21.1. The topological polar surface area (TPSA) is 56.6 Å². The second-order valence-electron chi connectivity index (χ2n) is 9.57. The fourth-order valence-corrected chi connectivity index (χ4v) is 6.41. The lowest BCUT2D eigenvalue weighted by molar-refractivity contribution is 0.590. The number of fused-ring (bicyclic) bond motifs is 2. The van der Waals surface area contributed by atoms with E-state index in [2.05, 4.69) is 12.2 Å². The van der Waals surface area contributed by atoms with Gasteiger partial charge in [0.2, 0.25) is 4.80 Å². The molecule has 0 saturated heterocycles. The Bertz CT molecular complexity index is 1670. The molecule has 9 heteroatoms. The van der Waals surface area contributed by atoms with Gasteiger partial charge in [0.15, 0.2) is 5.69 Å². The van der Waals surface area contributed by atoms with Gasteiger partial charge in [-0.2, -0.15) is 5.10 Å². The van der Waals surface area contributed by atoms with Gasteiger partial charge in [-0.25, -0.2) is 14.4 Å². The Morgan fingerprint density at radius 2 is 1.86 bits per heavy atom. The average molecular weight is 551 g/mol. The van der Waals surface area contributed by atoms with Crippen molar-refractivity contribution in [1.29, 1.82) is 0 Å². The largest absolute Gasteiger partial charge is 0.297 e. The summed E-state index contributed by atoms with van der Waals surface area (Å²) in [4.78, 5) is 19.0. The molecule has 3 unspecified atom stereocenters. The van der Waals surface area contributed by atoms with Gasteiger partial charge in [-0.1, -0.05) is 59.6 Å². The maximum absolute atomic E-state index is 13.5. The number of halogens is 2. The molecule has 0 N–H and O–H groups in total. The maximum atomic E-state index is 13.5. The lowest BCUT2D eigenvalue weighted by Crippen LogP contribution is -2.20. The summed E-state index contributed by atoms with van der Waals surface area (Å²) >= 11 is 14.0. The van der Waals surface area contributed by atoms with Crippen LogP contribution in [0.5, 0.6) is 0 Å². The standard InChI is InChI=1S/C28H25Cl2N5OS/c1-17-26(27(36)35(33(17)2)22-6-4-3-5-7-22)32-28-34(31-15-21-13-18-8-9-19(21)12-18)25(16-37-28)20-10-11-23(29)24(30)14-20/h3-11,14-16,18-19,21H,12-13H2,1-2H3. The predicted molar refractivity (Wildman–Crippen MR) is 151 cm³/mol. The summed E-state index contributed by atoms with van der Waals surface area (Å²) in [5.74, 6) is 1.58. The van der Waals surface area contributed by atoms with Crippen LogP contribution in [0.2, 0.25) is 10.0 Å². The Morgan fingerprint density at radius 1 is 1.05 bits per heavy atom. The van der Waals surface area contributed by atoms with Crippen LogP contribution in [-0.4, -0.2) is 20.3 Å². The van der Waals surface area contributed by atoms with Crippen LogP contribution in [0.3, 0.4) is 0 Å². The van der Waals surface area contributed by atoms with Crippen LogP contribution in [-0.2, 0) is 7.05 Å². The lowest BCUT2D eigenvalue weighted by atomic mass is 9.95. The number of aromatic nitrogens is 3. The monoisotopic (exact) mass is 549 g/mol. The van der Waals surface area contributed by atoms with Gasteiger partial charge in [-0.15, -0.1) is 11.3 Å². The molecule has 3 atom stereocenters. The molecule has 2 aliphatic carbocycles. The van der Waals surface area contributed by atoms with E-state index >= 15 is 0 Å². The van der Waals surface area contributed by atoms with Gasteiger partial charge in [0.05, 0.1) is 27.1 Å². The Kier molecular flexibility index (Phi) is 6.31. The van der Waals surface area contributed by atoms with Crippen molar-refractivity contribution < 1.29 is 0 Å². The second kappa shape index (κ2) is 9.63. The number of benzene rings is 2. The van der Waals surface area contributed by atoms with Crippen LogP contribution >= 0.6 is 34.5 Å². The second-order valence-corrected chi connectivity index (χ2v) is 11.2. The minimum atomic E-state index is -0.176. The summed E-state index contributed by atoms with van der Waals surface area (Å²) < 4.78 is 5.29. The summed E-state index contributed by atoms with van der Waals surface area (Å²) in [6.07, 6.45) is 8.99. The van der Waals surface area contributed by atoms with Crippen LogP contribution in [0, 0.1) is 24.7 Å². The highest BCUT2D eigenvalue weighted by Crippen LogP contribution is 2.42. The lowest BCUT2D eigenvalue weighted by Gasteiger charge is -2.12. The van der Waals surface area contributed by atoms with Gasteiger partial charge in [-0.3, -0.25) is 9.48 Å². The Labute approximate surface area is 228 Å². The highest BCUT2D eigenvalue weighted by atomic mass is 35.5. The molecule has 6 nitrogen and oxygen atoms in total. The minimum Gasteiger partial charge on any atom is -0.283 e. The first kappa shape index (κ1) is 24.2. The number of nitrogens with zero attached hydrogens (tertiary/aromatic N) is 5. The van der Waals surface area contributed by atoms with Gasteiger partial charge in [0.1, 0.15) is 0 Å². The Morgan fingerprint density at radius 3 is 2.57 bits per heavy atom. The van der Waals surface area contributed by atoms with Gasteiger partial charge in [0.25, 0.3) is 5.56 Å². The highest BCUT2D eigenvalue weighted by Gasteiger charge is 2.34. The van der Waals surface area contributed by atoms with Crippen molar-refractivity contribution in [2.24, 2.45) is 34.9 Å². The van der Waals surface area contributed by atoms with Crippen molar-refractivity contribution >= 4 is 46.4 Å². The van der Waals surface area contributed by atoms with Crippen molar-refractivity contribution in [2.75, 3.05) is 0 Å². The highest BCUT2D eigenvalue weighted by molar-refractivity contribution is 7.07. The molecule has 0 spiro atoms. The molecule has 2 aromatic carbocycles. The molecule has 188 valence electrons. The van der Waals surface area contributed by atoms with E-state index in [0.29, 0.717) is 38.3 Å². The number of para-hydroxylation sites is 1. The zero-order valence-electron chi connectivity index (χ0n) is 20.4. The van der Waals surface area contributed by atoms with E-state index in [1.807, 2.05) is 77.4 Å². The van der Waals surface area contributed by atoms with E-state index < -0.39 is 0 Å². The number of thiazole rings is 1. The van der Waals surface area contributed by atoms with Crippen LogP contribution < -0.4 is 10.4 Å². The third kappa shape index (κ3) is 4.35. The fourth-order valence-electron chi connectivity index (χ4n) is 5.27. The molecule has 2 bridgehead atoms. The molecule has 2 heterocycles. The molecule has 0 aliphatic heterocycles. The summed E-state index contributed by atoms with van der Waals surface area (Å²) in [5.41, 5.74) is 3.49. The first-order chi connectivity index (χ1) is 17.9. The molecule has 2 aromatic heterocycles. The molecule has 1 saturated carbocycles. The smallest absolute Gasteiger partial charge is 0.283 e. The van der Waals surface area contributed by atoms with Gasteiger partial charge in [-0.05, 0) is 55.9 Å². The molecule has 0 amide bonds. The van der Waals surface area contributed by atoms with E-state index in [-0.39, 0.29) is 5.56 Å². The first-order valence-electron chi connectivity index (χ1n) is 12.2. The Hall–Kier alpha value is -3.13. The molecule has 4 aromatic rings. The molecule has 0 radical (unpaired) electrons. The SMILES string of the molecule is Cc1c(N=c2scc(-c3ccc(Cl)c(Cl)c3)n2N=CC2CC3C=CC2C3)c(=O)n(-c2ccccc2)n1C. The van der Waals surface area contributed by atoms with E-state index in [1.54, 1.807) is 10.7 Å². The molecule has 6 rings (SSSR count). The van der Waals surface area contributed by atoms with E-state index in [1.165, 1.54) is 17.8 Å². The first-order valence-corrected chi connectivity index (χ1v) is 13.8. The molecule has 37 heavy (non-hydrogen) atoms. The van der Waals surface area contributed by atoms with Crippen molar-refractivity contribution in [3.05, 3.63) is 97.0 Å². The molecular weight excluding hydrogens is 525 g/mol. The van der Waals surface area contributed by atoms with E-state index in [9.17, 15) is 4.79 Å². The minimum absolute atomic E-state index is 0.176. The zero-order chi connectivity index (χ0) is 25.7. The Balaban J connectivity index is 1.50. The summed E-state index contributed by atoms with van der Waals surface area (Å²) in [5, 5.41) is 7.88. The van der Waals surface area contributed by atoms with Crippen LogP contribution in [0.4, 0.5) is 5.69 Å². The third-order valence-electron chi connectivity index (χ3n) is 7.34. The van der Waals surface area contributed by atoms with E-state index in [0.717, 1.165) is 29.1 Å². The van der Waals surface area contributed by atoms with Crippen molar-refractivity contribution in [3.63, 3.8) is 0 Å². The van der Waals surface area contributed by atoms with Crippen LogP contribution in [0.15, 0.2) is 81.0 Å². The quantitative estimate of drug-likeness (QED) is 0.204. The third-order valence-corrected chi connectivity index (χ3v) is 8.89. The fraction of sp³-hybridized carbons (Fsp3) is 0.250. The molecular formula is C28H25Cl2N5OS. The number of rotatable bonds is 5. The predicted octanol–water partition coefficient (Wildman–Crippen LogP) is 6.60. The molecule has 2 aliphatic rings. The van der Waals surface area contributed by atoms with Crippen molar-refractivity contribution in [1.82, 2.24) is 14.0 Å². The van der Waals surface area contributed by atoms with E-state index in [4.69, 9.17) is 33.3 Å². The number of allylic oxidation sites excluding steroid dienone is 2. The van der Waals surface area contributed by atoms with Crippen LogP contribution in [0.1, 0.15) is 18.5 Å². The number of hydrogen-bond acceptors (Lipinski definition) is 4. The summed E-state index contributed by atoms with van der Waals surface area (Å²) in [6, 6.07) is 15.1. The average Bonchev–Trinajstić information content (AvgIpc) is 3.67. The summed E-state index contributed by atoms with van der Waals surface area (Å²) in [7, 11) is 1.87. The summed E-state index contributed by atoms with van der Waals surface area (Å²) in [6.45, 7) is 1.91. The number of hydrogen-bond donors (Lipinski definition) is 0. The zero-order valence-corrected chi connectivity index (χ0v) is 22.7. The van der Waals surface area contributed by atoms with Crippen LogP contribution in [0.25, 0.3) is 16.9 Å². The van der Waals surface area contributed by atoms with Gasteiger partial charge >= 0.3 is 0 Å².